The van der Waals surface area contributed by atoms with Crippen LogP contribution < -0.4 is 5.73 Å². The summed E-state index contributed by atoms with van der Waals surface area (Å²) in [5, 5.41) is 0. The molecule has 0 bridgehead atoms. The Kier molecular flexibility index (Phi) is 5.01. The van der Waals surface area contributed by atoms with Crippen LogP contribution in [-0.4, -0.2) is 55.0 Å². The summed E-state index contributed by atoms with van der Waals surface area (Å²) in [5.74, 6) is 1.49. The molecule has 18 heavy (non-hydrogen) atoms. The molecule has 2 N–H and O–H groups in total. The fourth-order valence-corrected chi connectivity index (χ4v) is 3.10. The molecule has 0 saturated carbocycles. The summed E-state index contributed by atoms with van der Waals surface area (Å²) < 4.78 is 0. The second-order valence-electron chi connectivity index (χ2n) is 5.90. The van der Waals surface area contributed by atoms with Crippen LogP contribution in [0.1, 0.15) is 32.6 Å². The van der Waals surface area contributed by atoms with E-state index in [1.54, 1.807) is 0 Å². The highest BCUT2D eigenvalue weighted by atomic mass is 16.2. The summed E-state index contributed by atoms with van der Waals surface area (Å²) in [6.45, 7) is 8.05. The minimum atomic E-state index is 0.326. The first-order valence-electron chi connectivity index (χ1n) is 7.41. The van der Waals surface area contributed by atoms with Crippen molar-refractivity contribution in [3.8, 4) is 0 Å². The third kappa shape index (κ3) is 3.45. The first-order chi connectivity index (χ1) is 8.70. The average Bonchev–Trinajstić information content (AvgIpc) is 2.89. The molecular formula is C14H27N3O. The van der Waals surface area contributed by atoms with Crippen molar-refractivity contribution in [2.75, 3.05) is 39.3 Å². The van der Waals surface area contributed by atoms with E-state index in [1.165, 1.54) is 25.9 Å². The first kappa shape index (κ1) is 13.8. The minimum Gasteiger partial charge on any atom is -0.342 e. The number of likely N-dealkylation sites (tertiary alicyclic amines) is 2. The fraction of sp³-hybridized carbons (Fsp3) is 0.929. The number of hydrogen-bond donors (Lipinski definition) is 1. The maximum atomic E-state index is 12.2. The van der Waals surface area contributed by atoms with E-state index in [4.69, 9.17) is 5.73 Å². The van der Waals surface area contributed by atoms with E-state index in [0.29, 0.717) is 30.7 Å². The van der Waals surface area contributed by atoms with Crippen LogP contribution in [0.4, 0.5) is 0 Å². The van der Waals surface area contributed by atoms with Crippen molar-refractivity contribution in [2.45, 2.75) is 32.6 Å². The number of piperidine rings is 1. The highest BCUT2D eigenvalue weighted by Gasteiger charge is 2.27. The first-order valence-corrected chi connectivity index (χ1v) is 7.41. The lowest BCUT2D eigenvalue weighted by Gasteiger charge is -2.36. The van der Waals surface area contributed by atoms with E-state index in [9.17, 15) is 4.79 Å². The molecule has 0 aromatic carbocycles. The normalized spacial score (nSPS) is 29.8. The molecule has 2 fully saturated rings. The number of carbonyl (C=O) groups is 1. The zero-order valence-electron chi connectivity index (χ0n) is 11.6. The second kappa shape index (κ2) is 6.53. The number of nitrogens with zero attached hydrogens (tertiary/aromatic N) is 2. The summed E-state index contributed by atoms with van der Waals surface area (Å²) in [7, 11) is 0. The van der Waals surface area contributed by atoms with Crippen LogP contribution in [0.2, 0.25) is 0 Å². The van der Waals surface area contributed by atoms with Crippen LogP contribution in [-0.2, 0) is 4.79 Å². The maximum Gasteiger partial charge on any atom is 0.223 e. The predicted molar refractivity (Wildman–Crippen MR) is 73.2 cm³/mol. The van der Waals surface area contributed by atoms with Crippen LogP contribution >= 0.6 is 0 Å². The zero-order valence-corrected chi connectivity index (χ0v) is 11.6. The molecular weight excluding hydrogens is 226 g/mol. The Bertz CT molecular complexity index is 276. The summed E-state index contributed by atoms with van der Waals surface area (Å²) >= 11 is 0. The van der Waals surface area contributed by atoms with Gasteiger partial charge in [0.05, 0.1) is 0 Å². The van der Waals surface area contributed by atoms with E-state index >= 15 is 0 Å². The summed E-state index contributed by atoms with van der Waals surface area (Å²) in [5.41, 5.74) is 5.78. The van der Waals surface area contributed by atoms with Gasteiger partial charge in [-0.25, -0.2) is 0 Å². The molecule has 2 unspecified atom stereocenters. The molecule has 0 aromatic heterocycles. The van der Waals surface area contributed by atoms with Crippen molar-refractivity contribution in [3.05, 3.63) is 0 Å². The minimum absolute atomic E-state index is 0.326. The van der Waals surface area contributed by atoms with Gasteiger partial charge in [0.1, 0.15) is 0 Å². The number of rotatable bonds is 4. The van der Waals surface area contributed by atoms with E-state index in [0.717, 1.165) is 26.1 Å². The third-order valence-corrected chi connectivity index (χ3v) is 4.61. The maximum absolute atomic E-state index is 12.2. The Balaban J connectivity index is 1.74. The topological polar surface area (TPSA) is 49.6 Å². The van der Waals surface area contributed by atoms with Crippen molar-refractivity contribution >= 4 is 5.91 Å². The summed E-state index contributed by atoms with van der Waals surface area (Å²) in [4.78, 5) is 16.6. The fourth-order valence-electron chi connectivity index (χ4n) is 3.10. The predicted octanol–water partition coefficient (Wildman–Crippen LogP) is 0.916. The molecule has 1 amide bonds. The molecule has 2 aliphatic heterocycles. The van der Waals surface area contributed by atoms with Gasteiger partial charge in [0.15, 0.2) is 0 Å². The molecule has 0 radical (unpaired) electrons. The van der Waals surface area contributed by atoms with Crippen molar-refractivity contribution < 1.29 is 4.79 Å². The molecule has 0 aliphatic carbocycles. The summed E-state index contributed by atoms with van der Waals surface area (Å²) in [6, 6.07) is 0. The highest BCUT2D eigenvalue weighted by Crippen LogP contribution is 2.22. The van der Waals surface area contributed by atoms with Crippen LogP contribution in [0.5, 0.6) is 0 Å². The lowest BCUT2D eigenvalue weighted by molar-refractivity contribution is -0.133. The monoisotopic (exact) mass is 253 g/mol. The molecule has 2 rings (SSSR count). The Morgan fingerprint density at radius 2 is 2.00 bits per heavy atom. The SMILES string of the molecule is CC1CCN(C(=O)CCN2CCCC2)CC1CN. The molecule has 0 aromatic rings. The van der Waals surface area contributed by atoms with Crippen molar-refractivity contribution in [1.29, 1.82) is 0 Å². The van der Waals surface area contributed by atoms with Gasteiger partial charge in [-0.3, -0.25) is 4.79 Å². The molecule has 4 heteroatoms. The standard InChI is InChI=1S/C14H27N3O/c1-12-4-9-17(11-13(12)10-15)14(18)5-8-16-6-2-3-7-16/h12-13H,2-11,15H2,1H3. The molecule has 4 nitrogen and oxygen atoms in total. The van der Waals surface area contributed by atoms with Gasteiger partial charge in [-0.2, -0.15) is 0 Å². The number of amides is 1. The van der Waals surface area contributed by atoms with Crippen molar-refractivity contribution in [3.63, 3.8) is 0 Å². The Morgan fingerprint density at radius 3 is 2.67 bits per heavy atom. The van der Waals surface area contributed by atoms with Crippen LogP contribution in [0.25, 0.3) is 0 Å². The van der Waals surface area contributed by atoms with Gasteiger partial charge in [0.25, 0.3) is 0 Å². The lowest BCUT2D eigenvalue weighted by Crippen LogP contribution is -2.46. The van der Waals surface area contributed by atoms with Gasteiger partial charge in [-0.05, 0) is 50.7 Å². The number of hydrogen-bond acceptors (Lipinski definition) is 3. The molecule has 2 aliphatic rings. The van der Waals surface area contributed by atoms with Crippen LogP contribution in [0.15, 0.2) is 0 Å². The number of carbonyl (C=O) groups excluding carboxylic acids is 1. The van der Waals surface area contributed by atoms with E-state index < -0.39 is 0 Å². The Labute approximate surface area is 110 Å². The van der Waals surface area contributed by atoms with Crippen LogP contribution in [0, 0.1) is 11.8 Å². The van der Waals surface area contributed by atoms with Crippen molar-refractivity contribution in [1.82, 2.24) is 9.80 Å². The largest absolute Gasteiger partial charge is 0.342 e. The molecule has 2 heterocycles. The van der Waals surface area contributed by atoms with Gasteiger partial charge in [-0.15, -0.1) is 0 Å². The van der Waals surface area contributed by atoms with Gasteiger partial charge in [0.2, 0.25) is 5.91 Å². The summed E-state index contributed by atoms with van der Waals surface area (Å²) in [6.07, 6.45) is 4.39. The quantitative estimate of drug-likeness (QED) is 0.810. The highest BCUT2D eigenvalue weighted by molar-refractivity contribution is 5.76. The Morgan fingerprint density at radius 1 is 1.28 bits per heavy atom. The van der Waals surface area contributed by atoms with Crippen molar-refractivity contribution in [2.24, 2.45) is 17.6 Å². The smallest absolute Gasteiger partial charge is 0.223 e. The van der Waals surface area contributed by atoms with E-state index in [-0.39, 0.29) is 0 Å². The Hall–Kier alpha value is -0.610. The van der Waals surface area contributed by atoms with Gasteiger partial charge < -0.3 is 15.5 Å². The van der Waals surface area contributed by atoms with Crippen LogP contribution in [0.3, 0.4) is 0 Å². The molecule has 0 spiro atoms. The molecule has 104 valence electrons. The lowest BCUT2D eigenvalue weighted by atomic mass is 9.87. The number of nitrogens with two attached hydrogens (primary N) is 1. The molecule has 2 saturated heterocycles. The van der Waals surface area contributed by atoms with Gasteiger partial charge in [-0.1, -0.05) is 6.92 Å². The van der Waals surface area contributed by atoms with E-state index in [2.05, 4.69) is 11.8 Å². The average molecular weight is 253 g/mol. The van der Waals surface area contributed by atoms with Gasteiger partial charge in [0, 0.05) is 26.1 Å². The second-order valence-corrected chi connectivity index (χ2v) is 5.90. The van der Waals surface area contributed by atoms with E-state index in [1.807, 2.05) is 4.90 Å². The third-order valence-electron chi connectivity index (χ3n) is 4.61. The zero-order chi connectivity index (χ0) is 13.0. The molecule has 2 atom stereocenters. The van der Waals surface area contributed by atoms with Gasteiger partial charge >= 0.3 is 0 Å².